The SMILES string of the molecule is CCCCC/C=C\C/C=C\CCCCCCCCC(CCCCCCCC/C=C\C/C=C\CCCCC)OC(=O)CCCC(=O)N(CC(=O)O)CC(=O)O[C@H]1CC[C@@]2(C)C(=CC[C@H]3[C@@H]4CC[C@H]([C@H](C)CCCC(C)C)[C@@]4(C)CC[C@@H]32)C1. The molecule has 0 aromatic carbocycles. The molecule has 8 heteroatoms. The zero-order valence-electron chi connectivity index (χ0n) is 53.4. The fraction of sp³-hybridized carbons (Fsp3) is 0.808. The van der Waals surface area contributed by atoms with E-state index < -0.39 is 30.9 Å². The summed E-state index contributed by atoms with van der Waals surface area (Å²) in [5.41, 5.74) is 1.98. The van der Waals surface area contributed by atoms with E-state index in [9.17, 15) is 24.3 Å². The van der Waals surface area contributed by atoms with Crippen LogP contribution in [-0.4, -0.2) is 59.1 Å². The minimum Gasteiger partial charge on any atom is -0.480 e. The Kier molecular flexibility index (Phi) is 35.3. The maximum absolute atomic E-state index is 13.5. The highest BCUT2D eigenvalue weighted by Crippen LogP contribution is 2.67. The topological polar surface area (TPSA) is 110 Å². The standard InChI is InChI=1S/C73H123NO7/c1-8-10-12-14-16-18-20-22-24-26-28-30-32-34-36-38-44-62(45-39-37-35-33-31-29-27-25-23-21-19-17-15-13-11-9-2)80-70(78)47-41-46-68(75)74(57-69(76)77)58-71(79)81-63-52-54-72(6)61(56-63)48-49-64-66-51-50-65(60(5)43-40-42-59(3)4)73(66,7)55-53-67(64)72/h16-19,22-25,48,59-60,62-67H,8-15,20-21,26-47,49-58H2,1-7H3,(H,76,77)/b18-16-,19-17-,24-22-,25-23-/t60-,63+,64+,65-,66+,67+,72+,73-/m1/s1. The van der Waals surface area contributed by atoms with E-state index in [0.29, 0.717) is 17.8 Å². The third-order valence-corrected chi connectivity index (χ3v) is 20.1. The lowest BCUT2D eigenvalue weighted by Crippen LogP contribution is -2.51. The summed E-state index contributed by atoms with van der Waals surface area (Å²) in [6.45, 7) is 15.9. The van der Waals surface area contributed by atoms with E-state index in [4.69, 9.17) is 9.47 Å². The number of esters is 2. The maximum Gasteiger partial charge on any atom is 0.325 e. The highest BCUT2D eigenvalue weighted by molar-refractivity contribution is 5.86. The second kappa shape index (κ2) is 40.8. The van der Waals surface area contributed by atoms with Gasteiger partial charge in [-0.1, -0.05) is 205 Å². The Morgan fingerprint density at radius 1 is 0.593 bits per heavy atom. The first-order valence-electron chi connectivity index (χ1n) is 34.4. The first-order chi connectivity index (χ1) is 39.2. The van der Waals surface area contributed by atoms with Gasteiger partial charge in [-0.05, 0) is 188 Å². The van der Waals surface area contributed by atoms with Crippen molar-refractivity contribution >= 4 is 23.8 Å². The summed E-state index contributed by atoms with van der Waals surface area (Å²) >= 11 is 0. The minimum atomic E-state index is -1.18. The fourth-order valence-electron chi connectivity index (χ4n) is 15.3. The molecule has 0 aromatic rings. The van der Waals surface area contributed by atoms with Gasteiger partial charge < -0.3 is 19.5 Å². The Hall–Kier alpha value is -3.42. The van der Waals surface area contributed by atoms with Crippen molar-refractivity contribution < 1.29 is 33.8 Å². The molecule has 0 saturated heterocycles. The molecule has 3 fully saturated rings. The van der Waals surface area contributed by atoms with E-state index in [2.05, 4.69) is 103 Å². The van der Waals surface area contributed by atoms with Gasteiger partial charge in [0.05, 0.1) is 0 Å². The van der Waals surface area contributed by atoms with E-state index in [0.717, 1.165) is 118 Å². The van der Waals surface area contributed by atoms with Crippen LogP contribution in [0.15, 0.2) is 60.3 Å². The molecule has 0 heterocycles. The number of ether oxygens (including phenoxy) is 2. The van der Waals surface area contributed by atoms with Gasteiger partial charge in [-0.25, -0.2) is 0 Å². The molecule has 1 amide bonds. The molecule has 0 spiro atoms. The number of carboxylic acids is 1. The number of hydrogen-bond donors (Lipinski definition) is 1. The summed E-state index contributed by atoms with van der Waals surface area (Å²) in [6.07, 6.45) is 64.1. The van der Waals surface area contributed by atoms with E-state index in [-0.39, 0.29) is 42.9 Å². The third-order valence-electron chi connectivity index (χ3n) is 20.1. The number of carbonyl (C=O) groups excluding carboxylic acids is 3. The van der Waals surface area contributed by atoms with E-state index in [1.54, 1.807) is 0 Å². The molecule has 4 aliphatic rings. The molecule has 3 saturated carbocycles. The Morgan fingerprint density at radius 3 is 1.70 bits per heavy atom. The molecule has 4 aliphatic carbocycles. The lowest BCUT2D eigenvalue weighted by Gasteiger charge is -2.58. The molecular formula is C73H123NO7. The number of rotatable bonds is 45. The normalized spacial score (nSPS) is 24.1. The summed E-state index contributed by atoms with van der Waals surface area (Å²) in [6, 6.07) is 0. The molecule has 8 nitrogen and oxygen atoms in total. The van der Waals surface area contributed by atoms with Crippen LogP contribution in [0.1, 0.15) is 305 Å². The van der Waals surface area contributed by atoms with Gasteiger partial charge in [-0.3, -0.25) is 19.2 Å². The molecule has 8 atom stereocenters. The van der Waals surface area contributed by atoms with Crippen LogP contribution in [0.2, 0.25) is 0 Å². The summed E-state index contributed by atoms with van der Waals surface area (Å²) in [4.78, 5) is 53.5. The van der Waals surface area contributed by atoms with Crippen molar-refractivity contribution in [3.05, 3.63) is 60.3 Å². The second-order valence-corrected chi connectivity index (χ2v) is 27.0. The molecule has 0 radical (unpaired) electrons. The van der Waals surface area contributed by atoms with Gasteiger partial charge >= 0.3 is 17.9 Å². The highest BCUT2D eigenvalue weighted by Gasteiger charge is 2.59. The number of unbranched alkanes of at least 4 members (excludes halogenated alkanes) is 18. The van der Waals surface area contributed by atoms with Crippen molar-refractivity contribution in [2.24, 2.45) is 46.3 Å². The third kappa shape index (κ3) is 26.6. The molecule has 0 unspecified atom stereocenters. The quantitative estimate of drug-likeness (QED) is 0.0367. The smallest absolute Gasteiger partial charge is 0.325 e. The van der Waals surface area contributed by atoms with Crippen molar-refractivity contribution in [2.75, 3.05) is 13.1 Å². The molecule has 81 heavy (non-hydrogen) atoms. The van der Waals surface area contributed by atoms with E-state index in [1.165, 1.54) is 153 Å². The molecule has 4 rings (SSSR count). The Morgan fingerprint density at radius 2 is 1.15 bits per heavy atom. The molecular weight excluding hydrogens is 1000 g/mol. The van der Waals surface area contributed by atoms with Crippen LogP contribution in [0.25, 0.3) is 0 Å². The van der Waals surface area contributed by atoms with Crippen LogP contribution in [0.4, 0.5) is 0 Å². The number of carbonyl (C=O) groups is 4. The van der Waals surface area contributed by atoms with Gasteiger partial charge in [0.2, 0.25) is 5.91 Å². The van der Waals surface area contributed by atoms with Gasteiger partial charge in [0.15, 0.2) is 0 Å². The predicted octanol–water partition coefficient (Wildman–Crippen LogP) is 20.3. The van der Waals surface area contributed by atoms with E-state index >= 15 is 0 Å². The average Bonchev–Trinajstić information content (AvgIpc) is 4.08. The first-order valence-corrected chi connectivity index (χ1v) is 34.4. The van der Waals surface area contributed by atoms with Crippen LogP contribution in [0, 0.1) is 46.3 Å². The van der Waals surface area contributed by atoms with Gasteiger partial charge in [-0.2, -0.15) is 0 Å². The lowest BCUT2D eigenvalue weighted by atomic mass is 9.47. The molecule has 1 N–H and O–H groups in total. The average molecular weight is 1130 g/mol. The predicted molar refractivity (Wildman–Crippen MR) is 339 cm³/mol. The number of fused-ring (bicyclic) bond motifs is 5. The Labute approximate surface area is 497 Å². The van der Waals surface area contributed by atoms with Crippen molar-refractivity contribution in [2.45, 2.75) is 318 Å². The summed E-state index contributed by atoms with van der Waals surface area (Å²) < 4.78 is 12.2. The number of carboxylic acid groups (broad SMARTS) is 1. The van der Waals surface area contributed by atoms with Gasteiger partial charge in [-0.15, -0.1) is 0 Å². The Bertz CT molecular complexity index is 1860. The van der Waals surface area contributed by atoms with E-state index in [1.807, 2.05) is 0 Å². The van der Waals surface area contributed by atoms with Gasteiger partial charge in [0, 0.05) is 19.3 Å². The van der Waals surface area contributed by atoms with Crippen molar-refractivity contribution in [3.8, 4) is 0 Å². The van der Waals surface area contributed by atoms with Crippen LogP contribution < -0.4 is 0 Å². The van der Waals surface area contributed by atoms with Crippen LogP contribution in [0.3, 0.4) is 0 Å². The van der Waals surface area contributed by atoms with Gasteiger partial charge in [0.1, 0.15) is 25.3 Å². The largest absolute Gasteiger partial charge is 0.480 e. The molecule has 0 aliphatic heterocycles. The van der Waals surface area contributed by atoms with Crippen molar-refractivity contribution in [1.82, 2.24) is 4.90 Å². The lowest BCUT2D eigenvalue weighted by molar-refractivity contribution is -0.158. The zero-order valence-corrected chi connectivity index (χ0v) is 53.4. The number of amides is 1. The van der Waals surface area contributed by atoms with Crippen LogP contribution >= 0.6 is 0 Å². The number of nitrogens with zero attached hydrogens (tertiary/aromatic N) is 1. The van der Waals surface area contributed by atoms with Gasteiger partial charge in [0.25, 0.3) is 0 Å². The Balaban J connectivity index is 1.19. The summed E-state index contributed by atoms with van der Waals surface area (Å²) in [5.74, 6) is 2.06. The minimum absolute atomic E-state index is 0.0344. The first kappa shape index (κ1) is 70.1. The highest BCUT2D eigenvalue weighted by atomic mass is 16.5. The zero-order chi connectivity index (χ0) is 58.6. The maximum atomic E-state index is 13.5. The molecule has 462 valence electrons. The van der Waals surface area contributed by atoms with Crippen LogP contribution in [0.5, 0.6) is 0 Å². The summed E-state index contributed by atoms with van der Waals surface area (Å²) in [7, 11) is 0. The number of allylic oxidation sites excluding steroid dienone is 9. The van der Waals surface area contributed by atoms with Crippen molar-refractivity contribution in [3.63, 3.8) is 0 Å². The second-order valence-electron chi connectivity index (χ2n) is 27.0. The van der Waals surface area contributed by atoms with Crippen molar-refractivity contribution in [1.29, 1.82) is 0 Å². The number of hydrogen-bond acceptors (Lipinski definition) is 6. The molecule has 0 aromatic heterocycles. The number of aliphatic carboxylic acids is 1. The van der Waals surface area contributed by atoms with Crippen LogP contribution in [-0.2, 0) is 28.7 Å². The monoisotopic (exact) mass is 1130 g/mol. The molecule has 0 bridgehead atoms. The fourth-order valence-corrected chi connectivity index (χ4v) is 15.3. The summed E-state index contributed by atoms with van der Waals surface area (Å²) in [5, 5.41) is 9.78.